The van der Waals surface area contributed by atoms with Crippen LogP contribution in [0.3, 0.4) is 0 Å². The number of carbonyl (C=O) groups is 4. The highest BCUT2D eigenvalue weighted by molar-refractivity contribution is 6.22. The average Bonchev–Trinajstić information content (AvgIpc) is 2.93. The van der Waals surface area contributed by atoms with Crippen LogP contribution in [0, 0.1) is 0 Å². The summed E-state index contributed by atoms with van der Waals surface area (Å²) in [5, 5.41) is 7.95. The summed E-state index contributed by atoms with van der Waals surface area (Å²) in [6, 6.07) is 10.7. The zero-order chi connectivity index (χ0) is 21.7. The number of carbonyl (C=O) groups excluding carboxylic acids is 4. The first kappa shape index (κ1) is 21.0. The average molecular weight is 410 g/mol. The van der Waals surface area contributed by atoms with Crippen molar-refractivity contribution in [2.24, 2.45) is 0 Å². The third-order valence-electron chi connectivity index (χ3n) is 4.42. The summed E-state index contributed by atoms with van der Waals surface area (Å²) < 4.78 is 4.96. The Kier molecular flexibility index (Phi) is 6.43. The third-order valence-corrected chi connectivity index (χ3v) is 4.42. The van der Waals surface area contributed by atoms with E-state index in [-0.39, 0.29) is 29.8 Å². The van der Waals surface area contributed by atoms with Gasteiger partial charge in [0.1, 0.15) is 0 Å². The Balaban J connectivity index is 1.63. The van der Waals surface area contributed by atoms with Gasteiger partial charge in [-0.3, -0.25) is 19.3 Å². The first-order valence-electron chi connectivity index (χ1n) is 9.34. The predicted octanol–water partition coefficient (Wildman–Crippen LogP) is 2.92. The number of imide groups is 1. The number of hydrogen-bond acceptors (Lipinski definition) is 5. The van der Waals surface area contributed by atoms with Crippen LogP contribution in [0.25, 0.3) is 0 Å². The molecule has 0 aromatic heterocycles. The molecule has 0 unspecified atom stereocenters. The van der Waals surface area contributed by atoms with Crippen LogP contribution in [-0.2, 0) is 9.53 Å². The van der Waals surface area contributed by atoms with E-state index in [1.807, 2.05) is 0 Å². The van der Waals surface area contributed by atoms with Gasteiger partial charge in [0.2, 0.25) is 5.91 Å². The van der Waals surface area contributed by atoms with Crippen molar-refractivity contribution in [1.29, 1.82) is 0 Å². The maximum atomic E-state index is 12.5. The minimum Gasteiger partial charge on any atom is -0.385 e. The molecule has 0 saturated heterocycles. The molecule has 9 heteroatoms. The zero-order valence-corrected chi connectivity index (χ0v) is 16.7. The summed E-state index contributed by atoms with van der Waals surface area (Å²) in [5.41, 5.74) is 2.11. The minimum absolute atomic E-state index is 0.185. The number of hydrogen-bond donors (Lipinski definition) is 3. The second kappa shape index (κ2) is 9.19. The summed E-state index contributed by atoms with van der Waals surface area (Å²) in [7, 11) is 1.56. The molecule has 0 atom stereocenters. The molecule has 156 valence electrons. The number of urea groups is 1. The van der Waals surface area contributed by atoms with Crippen LogP contribution in [0.2, 0.25) is 0 Å². The summed E-state index contributed by atoms with van der Waals surface area (Å²) in [6.45, 7) is 2.14. The topological polar surface area (TPSA) is 117 Å². The lowest BCUT2D eigenvalue weighted by molar-refractivity contribution is -0.114. The number of anilines is 3. The number of rotatable bonds is 7. The van der Waals surface area contributed by atoms with E-state index in [2.05, 4.69) is 16.0 Å². The van der Waals surface area contributed by atoms with Gasteiger partial charge in [-0.2, -0.15) is 0 Å². The number of fused-ring (bicyclic) bond motifs is 1. The molecule has 3 rings (SSSR count). The lowest BCUT2D eigenvalue weighted by Gasteiger charge is -2.12. The van der Waals surface area contributed by atoms with Gasteiger partial charge in [0, 0.05) is 44.2 Å². The van der Waals surface area contributed by atoms with Gasteiger partial charge in [0.25, 0.3) is 11.8 Å². The number of ether oxygens (including phenoxy) is 1. The molecule has 0 bridgehead atoms. The van der Waals surface area contributed by atoms with Gasteiger partial charge in [-0.1, -0.05) is 0 Å². The zero-order valence-electron chi connectivity index (χ0n) is 16.7. The van der Waals surface area contributed by atoms with Crippen LogP contribution >= 0.6 is 0 Å². The predicted molar refractivity (Wildman–Crippen MR) is 112 cm³/mol. The highest BCUT2D eigenvalue weighted by Gasteiger charge is 2.35. The van der Waals surface area contributed by atoms with E-state index in [0.29, 0.717) is 35.7 Å². The maximum absolute atomic E-state index is 12.5. The molecular weight excluding hydrogens is 388 g/mol. The molecule has 9 nitrogen and oxygen atoms in total. The van der Waals surface area contributed by atoms with E-state index in [1.54, 1.807) is 37.4 Å². The quantitative estimate of drug-likeness (QED) is 0.479. The maximum Gasteiger partial charge on any atom is 0.323 e. The lowest BCUT2D eigenvalue weighted by Crippen LogP contribution is -2.31. The second-order valence-corrected chi connectivity index (χ2v) is 6.71. The molecule has 2 aromatic rings. The largest absolute Gasteiger partial charge is 0.385 e. The molecule has 0 aliphatic carbocycles. The Morgan fingerprint density at radius 2 is 1.43 bits per heavy atom. The molecule has 3 N–H and O–H groups in total. The van der Waals surface area contributed by atoms with E-state index < -0.39 is 6.03 Å². The molecule has 5 amide bonds. The van der Waals surface area contributed by atoms with Crippen molar-refractivity contribution in [2.45, 2.75) is 13.3 Å². The van der Waals surface area contributed by atoms with Crippen LogP contribution in [0.4, 0.5) is 21.9 Å². The molecule has 1 aliphatic rings. The van der Waals surface area contributed by atoms with Crippen molar-refractivity contribution in [3.8, 4) is 0 Å². The van der Waals surface area contributed by atoms with E-state index >= 15 is 0 Å². The van der Waals surface area contributed by atoms with Crippen LogP contribution in [0.1, 0.15) is 34.1 Å². The normalized spacial score (nSPS) is 12.5. The molecule has 1 aliphatic heterocycles. The van der Waals surface area contributed by atoms with Crippen molar-refractivity contribution in [2.75, 3.05) is 36.2 Å². The SMILES string of the molecule is COCCCN1C(=O)c2ccc(NC(=O)Nc3ccc(NC(C)=O)cc3)cc2C1=O. The van der Waals surface area contributed by atoms with Crippen LogP contribution in [0.15, 0.2) is 42.5 Å². The van der Waals surface area contributed by atoms with E-state index in [1.165, 1.54) is 24.0 Å². The number of methoxy groups -OCH3 is 1. The van der Waals surface area contributed by atoms with Crippen molar-refractivity contribution >= 4 is 40.8 Å². The van der Waals surface area contributed by atoms with Crippen molar-refractivity contribution < 1.29 is 23.9 Å². The third kappa shape index (κ3) is 4.81. The fourth-order valence-corrected chi connectivity index (χ4v) is 3.07. The highest BCUT2D eigenvalue weighted by Crippen LogP contribution is 2.26. The lowest BCUT2D eigenvalue weighted by atomic mass is 10.1. The van der Waals surface area contributed by atoms with Crippen LogP contribution in [-0.4, -0.2) is 48.9 Å². The minimum atomic E-state index is -0.504. The summed E-state index contributed by atoms with van der Waals surface area (Å²) in [4.78, 5) is 49.4. The van der Waals surface area contributed by atoms with Gasteiger partial charge in [-0.15, -0.1) is 0 Å². The number of nitrogens with zero attached hydrogens (tertiary/aromatic N) is 1. The Morgan fingerprint density at radius 3 is 2.07 bits per heavy atom. The Morgan fingerprint density at radius 1 is 0.867 bits per heavy atom. The molecule has 0 radical (unpaired) electrons. The van der Waals surface area contributed by atoms with Gasteiger partial charge in [-0.05, 0) is 48.9 Å². The van der Waals surface area contributed by atoms with Crippen molar-refractivity contribution in [3.05, 3.63) is 53.6 Å². The van der Waals surface area contributed by atoms with Gasteiger partial charge in [0.05, 0.1) is 11.1 Å². The second-order valence-electron chi connectivity index (χ2n) is 6.71. The molecule has 30 heavy (non-hydrogen) atoms. The number of nitrogens with one attached hydrogen (secondary N) is 3. The van der Waals surface area contributed by atoms with Crippen molar-refractivity contribution in [3.63, 3.8) is 0 Å². The number of benzene rings is 2. The Labute approximate surface area is 173 Å². The first-order valence-corrected chi connectivity index (χ1v) is 9.34. The fourth-order valence-electron chi connectivity index (χ4n) is 3.07. The number of amides is 5. The monoisotopic (exact) mass is 410 g/mol. The standard InChI is InChI=1S/C21H22N4O5/c1-13(26)22-14-4-6-15(7-5-14)23-21(29)24-16-8-9-17-18(12-16)20(28)25(19(17)27)10-3-11-30-2/h4-9,12H,3,10-11H2,1-2H3,(H,22,26)(H2,23,24,29). The molecule has 1 heterocycles. The van der Waals surface area contributed by atoms with Crippen molar-refractivity contribution in [1.82, 2.24) is 4.90 Å². The van der Waals surface area contributed by atoms with E-state index in [4.69, 9.17) is 4.74 Å². The summed E-state index contributed by atoms with van der Waals surface area (Å²) in [6.07, 6.45) is 0.552. The first-order chi connectivity index (χ1) is 14.4. The van der Waals surface area contributed by atoms with Crippen LogP contribution in [0.5, 0.6) is 0 Å². The van der Waals surface area contributed by atoms with Crippen LogP contribution < -0.4 is 16.0 Å². The van der Waals surface area contributed by atoms with E-state index in [0.717, 1.165) is 0 Å². The Bertz CT molecular complexity index is 987. The van der Waals surface area contributed by atoms with Gasteiger partial charge < -0.3 is 20.7 Å². The fraction of sp³-hybridized carbons (Fsp3) is 0.238. The molecular formula is C21H22N4O5. The Hall–Kier alpha value is -3.72. The highest BCUT2D eigenvalue weighted by atomic mass is 16.5. The molecule has 2 aromatic carbocycles. The summed E-state index contributed by atoms with van der Waals surface area (Å²) >= 11 is 0. The molecule has 0 fully saturated rings. The van der Waals surface area contributed by atoms with Gasteiger partial charge in [-0.25, -0.2) is 4.79 Å². The smallest absolute Gasteiger partial charge is 0.323 e. The summed E-state index contributed by atoms with van der Waals surface area (Å²) in [5.74, 6) is -0.916. The van der Waals surface area contributed by atoms with Gasteiger partial charge in [0.15, 0.2) is 0 Å². The molecule has 0 saturated carbocycles. The molecule has 0 spiro atoms. The van der Waals surface area contributed by atoms with Gasteiger partial charge >= 0.3 is 6.03 Å². The van der Waals surface area contributed by atoms with E-state index in [9.17, 15) is 19.2 Å².